The molecule has 1 heterocycles. The summed E-state index contributed by atoms with van der Waals surface area (Å²) in [5, 5.41) is 2.87. The zero-order valence-corrected chi connectivity index (χ0v) is 13.3. The van der Waals surface area contributed by atoms with Crippen molar-refractivity contribution in [3.63, 3.8) is 0 Å². The maximum absolute atomic E-state index is 11.8. The van der Waals surface area contributed by atoms with Crippen molar-refractivity contribution in [1.82, 2.24) is 10.2 Å². The minimum Gasteiger partial charge on any atom is -0.444 e. The number of hydrogen-bond acceptors (Lipinski definition) is 5. The van der Waals surface area contributed by atoms with Crippen LogP contribution in [0.2, 0.25) is 0 Å². The van der Waals surface area contributed by atoms with Crippen LogP contribution in [0.3, 0.4) is 0 Å². The van der Waals surface area contributed by atoms with Crippen molar-refractivity contribution in [2.75, 3.05) is 26.8 Å². The molecular weight excluding hydrogens is 258 g/mol. The van der Waals surface area contributed by atoms with E-state index < -0.39 is 11.7 Å². The molecule has 0 aromatic carbocycles. The van der Waals surface area contributed by atoms with Crippen LogP contribution in [0.5, 0.6) is 0 Å². The molecule has 3 N–H and O–H groups in total. The molecule has 0 saturated carbocycles. The van der Waals surface area contributed by atoms with Crippen molar-refractivity contribution in [2.24, 2.45) is 5.73 Å². The Morgan fingerprint density at radius 3 is 2.65 bits per heavy atom. The summed E-state index contributed by atoms with van der Waals surface area (Å²) in [4.78, 5) is 14.0. The number of ether oxygens (including phenoxy) is 2. The highest BCUT2D eigenvalue weighted by Gasteiger charge is 2.30. The Bertz CT molecular complexity index is 311. The molecule has 1 saturated heterocycles. The van der Waals surface area contributed by atoms with Gasteiger partial charge in [0.05, 0.1) is 6.61 Å². The Labute approximate surface area is 122 Å². The Morgan fingerprint density at radius 2 is 2.20 bits per heavy atom. The second-order valence-corrected chi connectivity index (χ2v) is 6.42. The van der Waals surface area contributed by atoms with Crippen molar-refractivity contribution >= 4 is 6.09 Å². The number of likely N-dealkylation sites (N-methyl/N-ethyl adjacent to an activating group) is 1. The van der Waals surface area contributed by atoms with Crippen LogP contribution in [0.1, 0.15) is 34.1 Å². The third-order valence-corrected chi connectivity index (χ3v) is 3.57. The first-order valence-electron chi connectivity index (χ1n) is 7.24. The first kappa shape index (κ1) is 17.2. The molecule has 1 amide bonds. The average molecular weight is 287 g/mol. The lowest BCUT2D eigenvalue weighted by Crippen LogP contribution is -2.56. The summed E-state index contributed by atoms with van der Waals surface area (Å²) in [7, 11) is 2.03. The number of amides is 1. The first-order chi connectivity index (χ1) is 9.24. The molecule has 0 radical (unpaired) electrons. The van der Waals surface area contributed by atoms with Crippen LogP contribution in [0.15, 0.2) is 0 Å². The number of alkyl carbamates (subject to hydrolysis) is 1. The number of rotatable bonds is 5. The van der Waals surface area contributed by atoms with Crippen LogP contribution in [-0.4, -0.2) is 61.5 Å². The van der Waals surface area contributed by atoms with Gasteiger partial charge in [0, 0.05) is 31.3 Å². The predicted molar refractivity (Wildman–Crippen MR) is 78.7 cm³/mol. The smallest absolute Gasteiger partial charge is 0.407 e. The molecule has 118 valence electrons. The van der Waals surface area contributed by atoms with Gasteiger partial charge < -0.3 is 20.5 Å². The minimum absolute atomic E-state index is 0.0641. The van der Waals surface area contributed by atoms with Crippen molar-refractivity contribution < 1.29 is 14.3 Å². The predicted octanol–water partition coefficient (Wildman–Crippen LogP) is 0.948. The first-order valence-corrected chi connectivity index (χ1v) is 7.24. The second-order valence-electron chi connectivity index (χ2n) is 6.42. The minimum atomic E-state index is -0.493. The van der Waals surface area contributed by atoms with E-state index in [0.717, 1.165) is 19.6 Å². The van der Waals surface area contributed by atoms with Gasteiger partial charge in [-0.3, -0.25) is 4.90 Å². The quantitative estimate of drug-likeness (QED) is 0.787. The fraction of sp³-hybridized carbons (Fsp3) is 0.929. The zero-order valence-electron chi connectivity index (χ0n) is 13.3. The number of nitrogens with two attached hydrogens (primary N) is 1. The summed E-state index contributed by atoms with van der Waals surface area (Å²) in [6.45, 7) is 9.49. The number of nitrogens with one attached hydrogen (secondary N) is 1. The molecule has 0 aromatic rings. The molecule has 0 aromatic heterocycles. The van der Waals surface area contributed by atoms with E-state index in [1.54, 1.807) is 0 Å². The van der Waals surface area contributed by atoms with Crippen molar-refractivity contribution in [3.8, 4) is 0 Å². The molecule has 1 aliphatic rings. The third kappa shape index (κ3) is 5.26. The Balaban J connectivity index is 2.53. The molecule has 1 rings (SSSR count). The van der Waals surface area contributed by atoms with Crippen molar-refractivity contribution in [1.29, 1.82) is 0 Å². The SMILES string of the molecule is CC(NC(=O)OC(C)(C)C)C(CN)N(C)C1CCOC1. The van der Waals surface area contributed by atoms with E-state index in [1.165, 1.54) is 0 Å². The van der Waals surface area contributed by atoms with Crippen molar-refractivity contribution in [2.45, 2.75) is 57.8 Å². The van der Waals surface area contributed by atoms with Crippen LogP contribution in [0.25, 0.3) is 0 Å². The summed E-state index contributed by atoms with van der Waals surface area (Å²) in [6, 6.07) is 0.348. The van der Waals surface area contributed by atoms with E-state index in [2.05, 4.69) is 10.2 Å². The molecular formula is C14H29N3O3. The number of nitrogens with zero attached hydrogens (tertiary/aromatic N) is 1. The van der Waals surface area contributed by atoms with Gasteiger partial charge in [0.25, 0.3) is 0 Å². The molecule has 6 heteroatoms. The van der Waals surface area contributed by atoms with Gasteiger partial charge in [0.15, 0.2) is 0 Å². The fourth-order valence-electron chi connectivity index (χ4n) is 2.43. The van der Waals surface area contributed by atoms with Gasteiger partial charge in [-0.05, 0) is 41.2 Å². The Kier molecular flexibility index (Phi) is 6.23. The lowest BCUT2D eigenvalue weighted by molar-refractivity contribution is 0.0459. The summed E-state index contributed by atoms with van der Waals surface area (Å²) in [5.74, 6) is 0. The normalized spacial score (nSPS) is 22.6. The molecule has 0 aliphatic carbocycles. The highest BCUT2D eigenvalue weighted by Crippen LogP contribution is 2.15. The largest absolute Gasteiger partial charge is 0.444 e. The molecule has 3 unspecified atom stereocenters. The molecule has 0 spiro atoms. The monoisotopic (exact) mass is 287 g/mol. The fourth-order valence-corrected chi connectivity index (χ4v) is 2.43. The Hall–Kier alpha value is -0.850. The summed E-state index contributed by atoms with van der Waals surface area (Å²) in [5.41, 5.74) is 5.38. The van der Waals surface area contributed by atoms with Crippen LogP contribution in [-0.2, 0) is 9.47 Å². The van der Waals surface area contributed by atoms with Gasteiger partial charge in [-0.2, -0.15) is 0 Å². The van der Waals surface area contributed by atoms with Gasteiger partial charge in [-0.15, -0.1) is 0 Å². The topological polar surface area (TPSA) is 76.8 Å². The molecule has 20 heavy (non-hydrogen) atoms. The molecule has 1 aliphatic heterocycles. The van der Waals surface area contributed by atoms with Gasteiger partial charge in [-0.25, -0.2) is 4.79 Å². The number of hydrogen-bond donors (Lipinski definition) is 2. The van der Waals surface area contributed by atoms with E-state index in [0.29, 0.717) is 12.6 Å². The average Bonchev–Trinajstić information content (AvgIpc) is 2.79. The molecule has 1 fully saturated rings. The zero-order chi connectivity index (χ0) is 15.3. The lowest BCUT2D eigenvalue weighted by atomic mass is 10.1. The molecule has 3 atom stereocenters. The summed E-state index contributed by atoms with van der Waals surface area (Å²) >= 11 is 0. The molecule has 6 nitrogen and oxygen atoms in total. The number of carbonyl (C=O) groups is 1. The van der Waals surface area contributed by atoms with Gasteiger partial charge in [0.1, 0.15) is 5.60 Å². The van der Waals surface area contributed by atoms with E-state index >= 15 is 0 Å². The lowest BCUT2D eigenvalue weighted by Gasteiger charge is -2.36. The summed E-state index contributed by atoms with van der Waals surface area (Å²) < 4.78 is 10.7. The summed E-state index contributed by atoms with van der Waals surface area (Å²) in [6.07, 6.45) is 0.603. The highest BCUT2D eigenvalue weighted by molar-refractivity contribution is 5.68. The van der Waals surface area contributed by atoms with Crippen LogP contribution >= 0.6 is 0 Å². The van der Waals surface area contributed by atoms with Crippen LogP contribution < -0.4 is 11.1 Å². The standard InChI is InChI=1S/C14H29N3O3/c1-10(16-13(18)20-14(2,3)4)12(8-15)17(5)11-6-7-19-9-11/h10-12H,6-9,15H2,1-5H3,(H,16,18). The van der Waals surface area contributed by atoms with E-state index in [9.17, 15) is 4.79 Å². The van der Waals surface area contributed by atoms with E-state index in [4.69, 9.17) is 15.2 Å². The highest BCUT2D eigenvalue weighted by atomic mass is 16.6. The van der Waals surface area contributed by atoms with Gasteiger partial charge in [0.2, 0.25) is 0 Å². The maximum atomic E-state index is 11.8. The molecule has 0 bridgehead atoms. The van der Waals surface area contributed by atoms with E-state index in [-0.39, 0.29) is 12.1 Å². The van der Waals surface area contributed by atoms with Crippen molar-refractivity contribution in [3.05, 3.63) is 0 Å². The number of carbonyl (C=O) groups excluding carboxylic acids is 1. The van der Waals surface area contributed by atoms with Crippen LogP contribution in [0.4, 0.5) is 4.79 Å². The van der Waals surface area contributed by atoms with E-state index in [1.807, 2.05) is 34.7 Å². The van der Waals surface area contributed by atoms with Gasteiger partial charge >= 0.3 is 6.09 Å². The third-order valence-electron chi connectivity index (χ3n) is 3.57. The maximum Gasteiger partial charge on any atom is 0.407 e. The second kappa shape index (κ2) is 7.24. The van der Waals surface area contributed by atoms with Gasteiger partial charge in [-0.1, -0.05) is 0 Å². The van der Waals surface area contributed by atoms with Crippen LogP contribution in [0, 0.1) is 0 Å². The Morgan fingerprint density at radius 1 is 1.55 bits per heavy atom.